The van der Waals surface area contributed by atoms with Gasteiger partial charge in [0.15, 0.2) is 11.5 Å². The fraction of sp³-hybridized carbons (Fsp3) is 0.136. The molecule has 4 rings (SSSR count). The lowest BCUT2D eigenvalue weighted by atomic mass is 10.1. The summed E-state index contributed by atoms with van der Waals surface area (Å²) in [6, 6.07) is 15.8. The van der Waals surface area contributed by atoms with Crippen LogP contribution in [0, 0.1) is 0 Å². The summed E-state index contributed by atoms with van der Waals surface area (Å²) in [4.78, 5) is 28.6. The van der Waals surface area contributed by atoms with Crippen LogP contribution < -0.4 is 20.1 Å². The molecule has 7 heteroatoms. The Morgan fingerprint density at radius 1 is 0.759 bits per heavy atom. The molecule has 146 valence electrons. The molecule has 2 aromatic carbocycles. The van der Waals surface area contributed by atoms with E-state index >= 15 is 0 Å². The maximum atomic E-state index is 12.4. The molecule has 0 unspecified atom stereocenters. The van der Waals surface area contributed by atoms with Gasteiger partial charge >= 0.3 is 0 Å². The first-order valence-corrected chi connectivity index (χ1v) is 9.13. The Morgan fingerprint density at radius 2 is 1.34 bits per heavy atom. The van der Waals surface area contributed by atoms with Gasteiger partial charge in [0.1, 0.15) is 0 Å². The molecule has 3 aromatic rings. The third kappa shape index (κ3) is 4.52. The van der Waals surface area contributed by atoms with E-state index in [1.807, 2.05) is 30.3 Å². The summed E-state index contributed by atoms with van der Waals surface area (Å²) < 4.78 is 10.6. The van der Waals surface area contributed by atoms with Crippen molar-refractivity contribution in [3.63, 3.8) is 0 Å². The molecule has 0 atom stereocenters. The first-order valence-electron chi connectivity index (χ1n) is 9.13. The van der Waals surface area contributed by atoms with Crippen LogP contribution in [0.15, 0.2) is 67.0 Å². The van der Waals surface area contributed by atoms with Crippen molar-refractivity contribution in [2.75, 3.05) is 6.79 Å². The van der Waals surface area contributed by atoms with Crippen molar-refractivity contribution in [2.24, 2.45) is 0 Å². The standard InChI is InChI=1S/C22H19N3O4/c26-21(24-12-15-7-9-23-10-8-15)17-2-4-18(5-3-17)22(27)25-13-16-1-6-19-20(11-16)29-14-28-19/h1-11H,12-14H2,(H,24,26)(H,25,27). The third-order valence-electron chi connectivity index (χ3n) is 4.50. The van der Waals surface area contributed by atoms with Crippen LogP contribution in [-0.2, 0) is 13.1 Å². The number of aromatic nitrogens is 1. The van der Waals surface area contributed by atoms with Gasteiger partial charge in [-0.25, -0.2) is 0 Å². The van der Waals surface area contributed by atoms with Crippen LogP contribution in [0.4, 0.5) is 0 Å². The van der Waals surface area contributed by atoms with Crippen molar-refractivity contribution in [3.8, 4) is 11.5 Å². The Labute approximate surface area is 167 Å². The highest BCUT2D eigenvalue weighted by Crippen LogP contribution is 2.32. The lowest BCUT2D eigenvalue weighted by Gasteiger charge is -2.08. The highest BCUT2D eigenvalue weighted by Gasteiger charge is 2.14. The van der Waals surface area contributed by atoms with Crippen molar-refractivity contribution >= 4 is 11.8 Å². The molecule has 1 aromatic heterocycles. The number of ether oxygens (including phenoxy) is 2. The third-order valence-corrected chi connectivity index (χ3v) is 4.50. The van der Waals surface area contributed by atoms with Gasteiger partial charge in [0.05, 0.1) is 0 Å². The van der Waals surface area contributed by atoms with Crippen molar-refractivity contribution in [2.45, 2.75) is 13.1 Å². The largest absolute Gasteiger partial charge is 0.454 e. The SMILES string of the molecule is O=C(NCc1ccncc1)c1ccc(C(=O)NCc2ccc3c(c2)OCO3)cc1. The zero-order chi connectivity index (χ0) is 20.1. The van der Waals surface area contributed by atoms with Gasteiger partial charge in [-0.05, 0) is 59.7 Å². The summed E-state index contributed by atoms with van der Waals surface area (Å²) in [5, 5.41) is 5.70. The Balaban J connectivity index is 1.31. The average molecular weight is 389 g/mol. The summed E-state index contributed by atoms with van der Waals surface area (Å²) in [6.07, 6.45) is 3.36. The van der Waals surface area contributed by atoms with Gasteiger partial charge in [-0.3, -0.25) is 14.6 Å². The number of fused-ring (bicyclic) bond motifs is 1. The molecular weight excluding hydrogens is 370 g/mol. The van der Waals surface area contributed by atoms with Crippen molar-refractivity contribution in [1.29, 1.82) is 0 Å². The number of amides is 2. The molecule has 0 saturated heterocycles. The second-order valence-electron chi connectivity index (χ2n) is 6.49. The molecule has 2 heterocycles. The summed E-state index contributed by atoms with van der Waals surface area (Å²) in [5.74, 6) is 0.970. The molecule has 1 aliphatic rings. The topological polar surface area (TPSA) is 89.6 Å². The molecule has 7 nitrogen and oxygen atoms in total. The van der Waals surface area contributed by atoms with Crippen LogP contribution in [0.2, 0.25) is 0 Å². The minimum atomic E-state index is -0.216. The molecule has 1 aliphatic heterocycles. The average Bonchev–Trinajstić information content (AvgIpc) is 3.24. The van der Waals surface area contributed by atoms with Crippen molar-refractivity contribution in [1.82, 2.24) is 15.6 Å². The smallest absolute Gasteiger partial charge is 0.251 e. The Bertz CT molecular complexity index is 1020. The summed E-state index contributed by atoms with van der Waals surface area (Å²) >= 11 is 0. The minimum Gasteiger partial charge on any atom is -0.454 e. The van der Waals surface area contributed by atoms with Crippen LogP contribution in [0.25, 0.3) is 0 Å². The quantitative estimate of drug-likeness (QED) is 0.677. The summed E-state index contributed by atoms with van der Waals surface area (Å²) in [5.41, 5.74) is 2.85. The van der Waals surface area contributed by atoms with Crippen LogP contribution in [0.5, 0.6) is 11.5 Å². The number of pyridine rings is 1. The first kappa shape index (κ1) is 18.5. The molecule has 0 fully saturated rings. The summed E-state index contributed by atoms with van der Waals surface area (Å²) in [7, 11) is 0. The van der Waals surface area contributed by atoms with Crippen molar-refractivity contribution in [3.05, 3.63) is 89.2 Å². The molecule has 2 N–H and O–H groups in total. The first-order chi connectivity index (χ1) is 14.2. The van der Waals surface area contributed by atoms with E-state index in [0.717, 1.165) is 11.1 Å². The van der Waals surface area contributed by atoms with E-state index in [9.17, 15) is 9.59 Å². The molecule has 0 spiro atoms. The predicted octanol–water partition coefficient (Wildman–Crippen LogP) is 2.67. The van der Waals surface area contributed by atoms with E-state index < -0.39 is 0 Å². The van der Waals surface area contributed by atoms with Crippen LogP contribution in [0.1, 0.15) is 31.8 Å². The number of hydrogen-bond donors (Lipinski definition) is 2. The van der Waals surface area contributed by atoms with Gasteiger partial charge in [-0.1, -0.05) is 6.07 Å². The maximum absolute atomic E-state index is 12.4. The number of nitrogens with zero attached hydrogens (tertiary/aromatic N) is 1. The number of hydrogen-bond acceptors (Lipinski definition) is 5. The van der Waals surface area contributed by atoms with Gasteiger partial charge in [0.2, 0.25) is 6.79 Å². The number of benzene rings is 2. The normalized spacial score (nSPS) is 11.7. The van der Waals surface area contributed by atoms with Gasteiger partial charge < -0.3 is 20.1 Å². The Kier molecular flexibility index (Phi) is 5.38. The number of carbonyl (C=O) groups is 2. The van der Waals surface area contributed by atoms with E-state index in [1.54, 1.807) is 36.7 Å². The number of rotatable bonds is 6. The van der Waals surface area contributed by atoms with E-state index in [2.05, 4.69) is 15.6 Å². The van der Waals surface area contributed by atoms with Crippen LogP contribution in [-0.4, -0.2) is 23.6 Å². The molecular formula is C22H19N3O4. The highest BCUT2D eigenvalue weighted by atomic mass is 16.7. The maximum Gasteiger partial charge on any atom is 0.251 e. The second-order valence-corrected chi connectivity index (χ2v) is 6.49. The molecule has 0 saturated carbocycles. The lowest BCUT2D eigenvalue weighted by molar-refractivity contribution is 0.0939. The van der Waals surface area contributed by atoms with E-state index in [0.29, 0.717) is 35.7 Å². The fourth-order valence-electron chi connectivity index (χ4n) is 2.89. The van der Waals surface area contributed by atoms with Gasteiger partial charge in [0, 0.05) is 36.6 Å². The van der Waals surface area contributed by atoms with Crippen LogP contribution >= 0.6 is 0 Å². The molecule has 0 aliphatic carbocycles. The monoisotopic (exact) mass is 389 g/mol. The van der Waals surface area contributed by atoms with Gasteiger partial charge in [-0.15, -0.1) is 0 Å². The van der Waals surface area contributed by atoms with Crippen LogP contribution in [0.3, 0.4) is 0 Å². The van der Waals surface area contributed by atoms with Crippen molar-refractivity contribution < 1.29 is 19.1 Å². The van der Waals surface area contributed by atoms with Gasteiger partial charge in [-0.2, -0.15) is 0 Å². The number of nitrogens with one attached hydrogen (secondary N) is 2. The zero-order valence-corrected chi connectivity index (χ0v) is 15.6. The molecule has 0 radical (unpaired) electrons. The highest BCUT2D eigenvalue weighted by molar-refractivity contribution is 5.97. The second kappa shape index (κ2) is 8.43. The molecule has 29 heavy (non-hydrogen) atoms. The fourth-order valence-corrected chi connectivity index (χ4v) is 2.89. The predicted molar refractivity (Wildman–Crippen MR) is 106 cm³/mol. The number of carbonyl (C=O) groups excluding carboxylic acids is 2. The lowest BCUT2D eigenvalue weighted by Crippen LogP contribution is -2.24. The van der Waals surface area contributed by atoms with Gasteiger partial charge in [0.25, 0.3) is 11.8 Å². The van der Waals surface area contributed by atoms with E-state index in [-0.39, 0.29) is 18.6 Å². The Hall–Kier alpha value is -3.87. The zero-order valence-electron chi connectivity index (χ0n) is 15.6. The minimum absolute atomic E-state index is 0.200. The van der Waals surface area contributed by atoms with E-state index in [4.69, 9.17) is 9.47 Å². The molecule has 0 bridgehead atoms. The Morgan fingerprint density at radius 3 is 2.00 bits per heavy atom. The summed E-state index contributed by atoms with van der Waals surface area (Å²) in [6.45, 7) is 0.996. The van der Waals surface area contributed by atoms with E-state index in [1.165, 1.54) is 0 Å². The molecule has 2 amide bonds.